The number of nitrogens with zero attached hydrogens (tertiary/aromatic N) is 2. The normalized spacial score (nSPS) is 15.8. The van der Waals surface area contributed by atoms with E-state index in [9.17, 15) is 18.4 Å². The zero-order valence-electron chi connectivity index (χ0n) is 18.6. The van der Waals surface area contributed by atoms with E-state index in [-0.39, 0.29) is 23.5 Å². The molecule has 3 amide bonds. The lowest BCUT2D eigenvalue weighted by molar-refractivity contribution is 0.0708. The predicted molar refractivity (Wildman–Crippen MR) is 127 cm³/mol. The van der Waals surface area contributed by atoms with Gasteiger partial charge in [0.1, 0.15) is 0 Å². The van der Waals surface area contributed by atoms with Gasteiger partial charge in [0.05, 0.1) is 0 Å². The Balaban J connectivity index is 1.18. The van der Waals surface area contributed by atoms with E-state index in [2.05, 4.69) is 23.5 Å². The van der Waals surface area contributed by atoms with Crippen molar-refractivity contribution in [3.63, 3.8) is 0 Å². The summed E-state index contributed by atoms with van der Waals surface area (Å²) in [5, 5.41) is 3.10. The number of piperidine rings is 1. The van der Waals surface area contributed by atoms with Crippen LogP contribution in [0.2, 0.25) is 0 Å². The fourth-order valence-corrected chi connectivity index (χ4v) is 4.71. The smallest absolute Gasteiger partial charge is 0.322 e. The Morgan fingerprint density at radius 1 is 0.824 bits per heavy atom. The average Bonchev–Trinajstić information content (AvgIpc) is 3.30. The molecule has 0 aliphatic carbocycles. The first-order valence-corrected chi connectivity index (χ1v) is 11.5. The minimum Gasteiger partial charge on any atom is -0.338 e. The van der Waals surface area contributed by atoms with Gasteiger partial charge >= 0.3 is 6.03 Å². The summed E-state index contributed by atoms with van der Waals surface area (Å²) in [5.41, 5.74) is 4.51. The van der Waals surface area contributed by atoms with Gasteiger partial charge in [-0.05, 0) is 66.3 Å². The van der Waals surface area contributed by atoms with E-state index in [1.54, 1.807) is 9.80 Å². The molecule has 0 radical (unpaired) electrons. The molecule has 5 nitrogen and oxygen atoms in total. The number of nitrogens with one attached hydrogen (secondary N) is 1. The van der Waals surface area contributed by atoms with Crippen LogP contribution in [0.15, 0.2) is 66.7 Å². The van der Waals surface area contributed by atoms with Crippen LogP contribution in [0.3, 0.4) is 0 Å². The molecule has 0 bridgehead atoms. The monoisotopic (exact) mass is 461 g/mol. The maximum atomic E-state index is 13.5. The third-order valence-electron chi connectivity index (χ3n) is 6.60. The van der Waals surface area contributed by atoms with Gasteiger partial charge < -0.3 is 10.2 Å². The molecule has 0 spiro atoms. The first-order valence-electron chi connectivity index (χ1n) is 11.5. The second-order valence-corrected chi connectivity index (χ2v) is 8.76. The number of carbonyl (C=O) groups is 2. The quantitative estimate of drug-likeness (QED) is 0.596. The van der Waals surface area contributed by atoms with Crippen LogP contribution in [0.5, 0.6) is 0 Å². The molecule has 0 saturated carbocycles. The van der Waals surface area contributed by atoms with Crippen molar-refractivity contribution >= 4 is 17.6 Å². The summed E-state index contributed by atoms with van der Waals surface area (Å²) in [6.07, 6.45) is 2.02. The second kappa shape index (κ2) is 9.25. The Kier molecular flexibility index (Phi) is 6.01. The molecule has 3 aromatic carbocycles. The molecule has 1 fully saturated rings. The highest BCUT2D eigenvalue weighted by Gasteiger charge is 2.29. The number of urea groups is 1. The number of hydrogen-bond acceptors (Lipinski definition) is 2. The Hall–Kier alpha value is -3.74. The van der Waals surface area contributed by atoms with Gasteiger partial charge in [0.15, 0.2) is 11.6 Å². The van der Waals surface area contributed by atoms with Crippen molar-refractivity contribution in [2.75, 3.05) is 24.5 Å². The van der Waals surface area contributed by atoms with Gasteiger partial charge in [-0.3, -0.25) is 9.69 Å². The Morgan fingerprint density at radius 3 is 2.32 bits per heavy atom. The fourth-order valence-electron chi connectivity index (χ4n) is 4.71. The van der Waals surface area contributed by atoms with Crippen LogP contribution >= 0.6 is 0 Å². The number of benzene rings is 3. The van der Waals surface area contributed by atoms with Gasteiger partial charge in [-0.1, -0.05) is 36.4 Å². The van der Waals surface area contributed by atoms with Crippen LogP contribution in [0, 0.1) is 11.6 Å². The Bertz CT molecular complexity index is 1220. The largest absolute Gasteiger partial charge is 0.338 e. The highest BCUT2D eigenvalue weighted by Crippen LogP contribution is 2.32. The van der Waals surface area contributed by atoms with Crippen LogP contribution < -0.4 is 10.2 Å². The molecule has 34 heavy (non-hydrogen) atoms. The zero-order valence-corrected chi connectivity index (χ0v) is 18.6. The van der Waals surface area contributed by atoms with Crippen molar-refractivity contribution in [2.45, 2.75) is 25.3 Å². The lowest BCUT2D eigenvalue weighted by atomic mass is 10.0. The van der Waals surface area contributed by atoms with E-state index < -0.39 is 11.6 Å². The second-order valence-electron chi connectivity index (χ2n) is 8.76. The first-order chi connectivity index (χ1) is 16.5. The van der Waals surface area contributed by atoms with Gasteiger partial charge in [0, 0.05) is 36.9 Å². The van der Waals surface area contributed by atoms with E-state index in [1.165, 1.54) is 6.07 Å². The number of hydrogen-bond donors (Lipinski definition) is 1. The van der Waals surface area contributed by atoms with E-state index in [4.69, 9.17) is 0 Å². The molecule has 1 N–H and O–H groups in total. The third kappa shape index (κ3) is 4.38. The van der Waals surface area contributed by atoms with Gasteiger partial charge in [0.25, 0.3) is 5.91 Å². The predicted octanol–water partition coefficient (Wildman–Crippen LogP) is 5.01. The molecule has 5 rings (SSSR count). The minimum absolute atomic E-state index is 0.0471. The number of carbonyl (C=O) groups excluding carboxylic acids is 2. The van der Waals surface area contributed by atoms with E-state index in [1.807, 2.05) is 30.3 Å². The van der Waals surface area contributed by atoms with E-state index in [0.717, 1.165) is 40.9 Å². The third-order valence-corrected chi connectivity index (χ3v) is 6.60. The minimum atomic E-state index is -1.03. The van der Waals surface area contributed by atoms with E-state index >= 15 is 0 Å². The van der Waals surface area contributed by atoms with E-state index in [0.29, 0.717) is 32.5 Å². The molecular weight excluding hydrogens is 436 g/mol. The molecule has 0 aromatic heterocycles. The van der Waals surface area contributed by atoms with Crippen LogP contribution in [0.1, 0.15) is 28.8 Å². The van der Waals surface area contributed by atoms with Crippen molar-refractivity contribution in [1.29, 1.82) is 0 Å². The lowest BCUT2D eigenvalue weighted by Gasteiger charge is -2.33. The molecule has 7 heteroatoms. The van der Waals surface area contributed by atoms with Crippen molar-refractivity contribution in [3.05, 3.63) is 89.5 Å². The number of fused-ring (bicyclic) bond motifs is 1. The molecule has 2 aliphatic rings. The standard InChI is InChI=1S/C27H25F2N3O2/c28-23-8-6-21(17-24(23)29)26(33)31-13-11-22(12-14-31)30-27(34)32-15-10-20-16-19(7-9-25(20)32)18-4-2-1-3-5-18/h1-9,16-17,22H,10-15H2,(H,30,34). The number of halogens is 2. The molecule has 2 heterocycles. The van der Waals surface area contributed by atoms with Gasteiger partial charge in [-0.2, -0.15) is 0 Å². The summed E-state index contributed by atoms with van der Waals surface area (Å²) in [5.74, 6) is -2.33. The van der Waals surface area contributed by atoms with Crippen LogP contribution in [-0.2, 0) is 6.42 Å². The molecule has 1 saturated heterocycles. The summed E-state index contributed by atoms with van der Waals surface area (Å²) >= 11 is 0. The summed E-state index contributed by atoms with van der Waals surface area (Å²) < 4.78 is 26.6. The SMILES string of the molecule is O=C(c1ccc(F)c(F)c1)N1CCC(NC(=O)N2CCc3cc(-c4ccccc4)ccc32)CC1. The Labute approximate surface area is 197 Å². The van der Waals surface area contributed by atoms with Crippen LogP contribution in [0.25, 0.3) is 11.1 Å². The summed E-state index contributed by atoms with van der Waals surface area (Å²) in [6.45, 7) is 1.52. The van der Waals surface area contributed by atoms with Crippen molar-refractivity contribution in [2.24, 2.45) is 0 Å². The number of rotatable bonds is 3. The lowest BCUT2D eigenvalue weighted by Crippen LogP contribution is -2.50. The van der Waals surface area contributed by atoms with Crippen LogP contribution in [-0.4, -0.2) is 42.5 Å². The maximum absolute atomic E-state index is 13.5. The zero-order chi connectivity index (χ0) is 23.7. The van der Waals surface area contributed by atoms with Gasteiger partial charge in [0.2, 0.25) is 0 Å². The molecule has 0 atom stereocenters. The fraction of sp³-hybridized carbons (Fsp3) is 0.259. The van der Waals surface area contributed by atoms with Crippen molar-refractivity contribution in [1.82, 2.24) is 10.2 Å². The summed E-state index contributed by atoms with van der Waals surface area (Å²) in [4.78, 5) is 29.0. The van der Waals surface area contributed by atoms with Crippen molar-refractivity contribution in [3.8, 4) is 11.1 Å². The molecule has 0 unspecified atom stereocenters. The van der Waals surface area contributed by atoms with Crippen molar-refractivity contribution < 1.29 is 18.4 Å². The highest BCUT2D eigenvalue weighted by atomic mass is 19.2. The molecule has 174 valence electrons. The van der Waals surface area contributed by atoms with Gasteiger partial charge in [-0.15, -0.1) is 0 Å². The van der Waals surface area contributed by atoms with Crippen LogP contribution in [0.4, 0.5) is 19.3 Å². The highest BCUT2D eigenvalue weighted by molar-refractivity contribution is 5.95. The number of likely N-dealkylation sites (tertiary alicyclic amines) is 1. The molecular formula is C27H25F2N3O2. The topological polar surface area (TPSA) is 52.7 Å². The summed E-state index contributed by atoms with van der Waals surface area (Å²) in [6, 6.07) is 19.4. The molecule has 2 aliphatic heterocycles. The van der Waals surface area contributed by atoms with Gasteiger partial charge in [-0.25, -0.2) is 13.6 Å². The first kappa shape index (κ1) is 22.1. The average molecular weight is 462 g/mol. The number of amides is 3. The Morgan fingerprint density at radius 2 is 1.59 bits per heavy atom. The summed E-state index contributed by atoms with van der Waals surface area (Å²) in [7, 11) is 0. The maximum Gasteiger partial charge on any atom is 0.322 e. The molecule has 3 aromatic rings. The number of anilines is 1.